The minimum absolute atomic E-state index is 0.0515. The smallest absolute Gasteiger partial charge is 0.437 e. The summed E-state index contributed by atoms with van der Waals surface area (Å²) in [6.45, 7) is 2.47. The van der Waals surface area contributed by atoms with E-state index in [-0.39, 0.29) is 17.6 Å². The maximum absolute atomic E-state index is 13.1. The normalized spacial score (nSPS) is 12.0. The Bertz CT molecular complexity index is 1130. The summed E-state index contributed by atoms with van der Waals surface area (Å²) in [7, 11) is 0. The number of nitrogens with one attached hydrogen (secondary N) is 1. The van der Waals surface area contributed by atoms with E-state index in [9.17, 15) is 13.2 Å². The third-order valence-corrected chi connectivity index (χ3v) is 4.60. The summed E-state index contributed by atoms with van der Waals surface area (Å²) in [6.07, 6.45) is -1.46. The van der Waals surface area contributed by atoms with Crippen molar-refractivity contribution in [2.24, 2.45) is 0 Å². The van der Waals surface area contributed by atoms with E-state index in [2.05, 4.69) is 10.1 Å². The van der Waals surface area contributed by atoms with Gasteiger partial charge in [-0.05, 0) is 42.8 Å². The minimum Gasteiger partial charge on any atom is -0.490 e. The molecule has 0 unspecified atom stereocenters. The van der Waals surface area contributed by atoms with E-state index in [1.54, 1.807) is 0 Å². The van der Waals surface area contributed by atoms with Crippen LogP contribution in [-0.4, -0.2) is 23.4 Å². The Morgan fingerprint density at radius 2 is 1.90 bits per heavy atom. The molecule has 152 valence electrons. The molecule has 29 heavy (non-hydrogen) atoms. The lowest BCUT2D eigenvalue weighted by molar-refractivity contribution is -0.141. The van der Waals surface area contributed by atoms with Crippen LogP contribution in [0.4, 0.5) is 13.2 Å². The number of alkyl halides is 3. The Labute approximate surface area is 164 Å². The number of aromatic amines is 1. The predicted molar refractivity (Wildman–Crippen MR) is 102 cm³/mol. The van der Waals surface area contributed by atoms with Crippen LogP contribution in [0.1, 0.15) is 24.6 Å². The monoisotopic (exact) mass is 404 g/mol. The lowest BCUT2D eigenvalue weighted by Crippen LogP contribution is -2.10. The third kappa shape index (κ3) is 3.87. The molecule has 0 saturated carbocycles. The number of halogens is 3. The zero-order valence-electron chi connectivity index (χ0n) is 15.7. The highest BCUT2D eigenvalue weighted by atomic mass is 19.4. The molecule has 2 heterocycles. The molecule has 2 aromatic carbocycles. The highest BCUT2D eigenvalue weighted by Crippen LogP contribution is 2.38. The molecular weight excluding hydrogens is 385 g/mol. The topological polar surface area (TPSA) is 60.3 Å². The second-order valence-electron chi connectivity index (χ2n) is 6.62. The number of H-pyrrole nitrogens is 1. The molecule has 0 atom stereocenters. The van der Waals surface area contributed by atoms with E-state index in [0.717, 1.165) is 23.1 Å². The lowest BCUT2D eigenvalue weighted by atomic mass is 10.0. The van der Waals surface area contributed by atoms with Crippen molar-refractivity contribution in [3.05, 3.63) is 53.9 Å². The molecule has 0 aliphatic heterocycles. The average molecular weight is 404 g/mol. The fraction of sp³-hybridized carbons (Fsp3) is 0.286. The Morgan fingerprint density at radius 3 is 2.69 bits per heavy atom. The molecule has 0 bridgehead atoms. The fourth-order valence-electron chi connectivity index (χ4n) is 3.30. The minimum atomic E-state index is -4.56. The zero-order chi connectivity index (χ0) is 20.4. The van der Waals surface area contributed by atoms with Gasteiger partial charge < -0.3 is 19.0 Å². The Kier molecular flexibility index (Phi) is 5.08. The van der Waals surface area contributed by atoms with Gasteiger partial charge in [0.15, 0.2) is 11.3 Å². The molecule has 0 spiro atoms. The first-order valence-corrected chi connectivity index (χ1v) is 9.28. The summed E-state index contributed by atoms with van der Waals surface area (Å²) in [6, 6.07) is 10.5. The Morgan fingerprint density at radius 1 is 1.07 bits per heavy atom. The number of aromatic nitrogens is 2. The van der Waals surface area contributed by atoms with Crippen molar-refractivity contribution >= 4 is 21.9 Å². The van der Waals surface area contributed by atoms with Gasteiger partial charge in [-0.2, -0.15) is 13.2 Å². The van der Waals surface area contributed by atoms with Crippen molar-refractivity contribution in [1.29, 1.82) is 0 Å². The van der Waals surface area contributed by atoms with E-state index in [4.69, 9.17) is 14.0 Å². The highest BCUT2D eigenvalue weighted by Gasteiger charge is 2.37. The van der Waals surface area contributed by atoms with Crippen molar-refractivity contribution in [2.75, 3.05) is 13.2 Å². The molecule has 4 aromatic rings. The lowest BCUT2D eigenvalue weighted by Gasteiger charge is -2.12. The third-order valence-electron chi connectivity index (χ3n) is 4.60. The molecule has 0 saturated heterocycles. The van der Waals surface area contributed by atoms with E-state index in [1.807, 2.05) is 37.4 Å². The van der Waals surface area contributed by atoms with Crippen molar-refractivity contribution in [2.45, 2.75) is 25.9 Å². The van der Waals surface area contributed by atoms with Crippen LogP contribution >= 0.6 is 0 Å². The van der Waals surface area contributed by atoms with Crippen molar-refractivity contribution in [3.63, 3.8) is 0 Å². The summed E-state index contributed by atoms with van der Waals surface area (Å²) in [5.74, 6) is 1.20. The Balaban J connectivity index is 1.47. The van der Waals surface area contributed by atoms with Crippen LogP contribution in [0.25, 0.3) is 21.9 Å². The first-order valence-electron chi connectivity index (χ1n) is 9.28. The number of rotatable bonds is 7. The molecule has 8 heteroatoms. The van der Waals surface area contributed by atoms with Gasteiger partial charge in [0.1, 0.15) is 24.7 Å². The summed E-state index contributed by atoms with van der Waals surface area (Å²) >= 11 is 0. The summed E-state index contributed by atoms with van der Waals surface area (Å²) in [5.41, 5.74) is 0.716. The zero-order valence-corrected chi connectivity index (χ0v) is 15.7. The number of aryl methyl sites for hydroxylation is 1. The van der Waals surface area contributed by atoms with E-state index < -0.39 is 11.9 Å². The van der Waals surface area contributed by atoms with Gasteiger partial charge in [0.2, 0.25) is 0 Å². The van der Waals surface area contributed by atoms with Gasteiger partial charge in [0.05, 0.1) is 5.39 Å². The van der Waals surface area contributed by atoms with Gasteiger partial charge in [-0.25, -0.2) is 0 Å². The first-order chi connectivity index (χ1) is 14.0. The quantitative estimate of drug-likeness (QED) is 0.399. The van der Waals surface area contributed by atoms with Gasteiger partial charge in [-0.1, -0.05) is 18.5 Å². The van der Waals surface area contributed by atoms with Gasteiger partial charge in [-0.15, -0.1) is 0 Å². The summed E-state index contributed by atoms with van der Waals surface area (Å²) in [4.78, 5) is 3.11. The van der Waals surface area contributed by atoms with Crippen molar-refractivity contribution in [1.82, 2.24) is 10.1 Å². The summed E-state index contributed by atoms with van der Waals surface area (Å²) in [5, 5.41) is 4.22. The first kappa shape index (κ1) is 19.2. The van der Waals surface area contributed by atoms with E-state index >= 15 is 0 Å². The molecule has 0 fully saturated rings. The maximum atomic E-state index is 13.1. The van der Waals surface area contributed by atoms with Crippen LogP contribution in [-0.2, 0) is 12.6 Å². The molecule has 5 nitrogen and oxygen atoms in total. The molecule has 2 aromatic heterocycles. The maximum Gasteiger partial charge on any atom is 0.437 e. The summed E-state index contributed by atoms with van der Waals surface area (Å²) < 4.78 is 55.8. The van der Waals surface area contributed by atoms with Crippen LogP contribution in [0.2, 0.25) is 0 Å². The molecular formula is C21H19F3N2O3. The van der Waals surface area contributed by atoms with Gasteiger partial charge in [0, 0.05) is 22.7 Å². The molecule has 0 radical (unpaired) electrons. The predicted octanol–water partition coefficient (Wildman–Crippen LogP) is 5.74. The number of ether oxygens (including phenoxy) is 2. The van der Waals surface area contributed by atoms with Crippen molar-refractivity contribution < 1.29 is 27.2 Å². The second-order valence-corrected chi connectivity index (χ2v) is 6.62. The van der Waals surface area contributed by atoms with Gasteiger partial charge >= 0.3 is 6.18 Å². The van der Waals surface area contributed by atoms with Crippen LogP contribution in [0, 0.1) is 0 Å². The van der Waals surface area contributed by atoms with Gasteiger partial charge in [-0.3, -0.25) is 0 Å². The second kappa shape index (κ2) is 7.69. The highest BCUT2D eigenvalue weighted by molar-refractivity contribution is 5.85. The largest absolute Gasteiger partial charge is 0.490 e. The Hall–Kier alpha value is -3.16. The molecule has 0 amide bonds. The molecule has 0 aliphatic rings. The van der Waals surface area contributed by atoms with Crippen LogP contribution in [0.15, 0.2) is 47.1 Å². The van der Waals surface area contributed by atoms with Gasteiger partial charge in [0.25, 0.3) is 0 Å². The molecule has 1 N–H and O–H groups in total. The molecule has 0 aliphatic carbocycles. The number of fused-ring (bicyclic) bond motifs is 2. The number of nitrogens with zero attached hydrogens (tertiary/aromatic N) is 1. The number of hydrogen-bond acceptors (Lipinski definition) is 4. The number of benzene rings is 2. The number of hydrogen-bond donors (Lipinski definition) is 1. The van der Waals surface area contributed by atoms with Crippen LogP contribution in [0.3, 0.4) is 0 Å². The van der Waals surface area contributed by atoms with E-state index in [0.29, 0.717) is 24.3 Å². The van der Waals surface area contributed by atoms with Crippen LogP contribution in [0.5, 0.6) is 11.5 Å². The fourth-order valence-corrected chi connectivity index (χ4v) is 3.30. The van der Waals surface area contributed by atoms with E-state index in [1.165, 1.54) is 12.1 Å². The van der Waals surface area contributed by atoms with Crippen molar-refractivity contribution in [3.8, 4) is 11.5 Å². The van der Waals surface area contributed by atoms with Crippen LogP contribution < -0.4 is 9.47 Å². The standard InChI is InChI=1S/C21H19F3N2O3/c1-2-3-15-18(7-5-16-19(15)29-26-20(16)21(22,23)24)28-11-10-27-14-4-6-17-13(12-14)8-9-25-17/h4-9,12,25H,2-3,10-11H2,1H3. The SMILES string of the molecule is CCCc1c(OCCOc2ccc3[nH]ccc3c2)ccc2c(C(F)(F)F)noc12. The molecule has 4 rings (SSSR count). The average Bonchev–Trinajstić information content (AvgIpc) is 3.32.